The molecule has 1 atom stereocenters. The molecule has 0 bridgehead atoms. The number of nitrogens with zero attached hydrogens (tertiary/aromatic N) is 2. The van der Waals surface area contributed by atoms with Gasteiger partial charge in [0.25, 0.3) is 0 Å². The van der Waals surface area contributed by atoms with Crippen LogP contribution in [-0.4, -0.2) is 35.3 Å². The van der Waals surface area contributed by atoms with Gasteiger partial charge >= 0.3 is 5.97 Å². The number of carbonyl (C=O) groups excluding carboxylic acids is 1. The highest BCUT2D eigenvalue weighted by molar-refractivity contribution is 8.01. The second-order valence-corrected chi connectivity index (χ2v) is 9.18. The van der Waals surface area contributed by atoms with E-state index in [4.69, 9.17) is 31.6 Å². The lowest BCUT2D eigenvalue weighted by Gasteiger charge is -2.14. The fourth-order valence-corrected chi connectivity index (χ4v) is 4.65. The summed E-state index contributed by atoms with van der Waals surface area (Å²) in [6.07, 6.45) is -0.854. The van der Waals surface area contributed by atoms with Crippen LogP contribution in [0.1, 0.15) is 19.4 Å². The quantitative estimate of drug-likeness (QED) is 0.151. The maximum atomic E-state index is 12.1. The van der Waals surface area contributed by atoms with Gasteiger partial charge in [0.1, 0.15) is 11.5 Å². The summed E-state index contributed by atoms with van der Waals surface area (Å²) >= 11 is 8.88. The molecule has 0 unspecified atom stereocenters. The van der Waals surface area contributed by atoms with E-state index < -0.39 is 12.1 Å². The van der Waals surface area contributed by atoms with Crippen LogP contribution in [0.5, 0.6) is 11.5 Å². The van der Waals surface area contributed by atoms with Crippen LogP contribution in [0.25, 0.3) is 10.2 Å². The molecule has 10 heteroatoms. The van der Waals surface area contributed by atoms with E-state index in [1.54, 1.807) is 25.1 Å². The number of nitrogens with two attached hydrogens (primary N) is 1. The fraction of sp³-hybridized carbons (Fsp3) is 0.286. The maximum absolute atomic E-state index is 12.1. The summed E-state index contributed by atoms with van der Waals surface area (Å²) in [4.78, 5) is 21.6. The molecule has 7 nitrogen and oxygen atoms in total. The zero-order valence-corrected chi connectivity index (χ0v) is 19.6. The SMILES string of the molecule is CCOc1ccc2nc(SC/C(N)=N\OC(=O)[C@@H](C)Oc3ccc(Cl)cc3C)sc2c1. The van der Waals surface area contributed by atoms with E-state index in [0.717, 1.165) is 25.9 Å². The van der Waals surface area contributed by atoms with Gasteiger partial charge < -0.3 is 20.0 Å². The van der Waals surface area contributed by atoms with E-state index in [2.05, 4.69) is 10.1 Å². The van der Waals surface area contributed by atoms with Crippen LogP contribution < -0.4 is 15.2 Å². The van der Waals surface area contributed by atoms with Gasteiger partial charge in [-0.1, -0.05) is 28.5 Å². The molecule has 0 saturated heterocycles. The molecule has 2 aromatic carbocycles. The van der Waals surface area contributed by atoms with Gasteiger partial charge in [-0.3, -0.25) is 0 Å². The number of oxime groups is 1. The molecule has 3 aromatic rings. The van der Waals surface area contributed by atoms with E-state index in [9.17, 15) is 4.79 Å². The smallest absolute Gasteiger partial charge is 0.374 e. The molecule has 0 saturated carbocycles. The van der Waals surface area contributed by atoms with Crippen molar-refractivity contribution in [2.45, 2.75) is 31.2 Å². The molecule has 3 rings (SSSR count). The number of halogens is 1. The molecule has 164 valence electrons. The number of aromatic nitrogens is 1. The third-order valence-electron chi connectivity index (χ3n) is 4.02. The molecule has 0 amide bonds. The lowest BCUT2D eigenvalue weighted by atomic mass is 10.2. The maximum Gasteiger partial charge on any atom is 0.374 e. The molecule has 0 fully saturated rings. The first-order chi connectivity index (χ1) is 14.9. The Morgan fingerprint density at radius 2 is 2.13 bits per heavy atom. The van der Waals surface area contributed by atoms with E-state index in [1.165, 1.54) is 23.1 Å². The average Bonchev–Trinajstić information content (AvgIpc) is 3.15. The van der Waals surface area contributed by atoms with Gasteiger partial charge in [0.2, 0.25) is 0 Å². The number of fused-ring (bicyclic) bond motifs is 1. The van der Waals surface area contributed by atoms with Gasteiger partial charge in [0, 0.05) is 5.02 Å². The number of aryl methyl sites for hydroxylation is 1. The van der Waals surface area contributed by atoms with Crippen molar-refractivity contribution in [3.05, 3.63) is 47.0 Å². The van der Waals surface area contributed by atoms with Crippen LogP contribution in [0.4, 0.5) is 0 Å². The highest BCUT2D eigenvalue weighted by Crippen LogP contribution is 2.31. The van der Waals surface area contributed by atoms with Crippen LogP contribution in [0, 0.1) is 6.92 Å². The van der Waals surface area contributed by atoms with Crippen molar-refractivity contribution in [1.82, 2.24) is 4.98 Å². The van der Waals surface area contributed by atoms with Crippen molar-refractivity contribution in [2.75, 3.05) is 12.4 Å². The predicted molar refractivity (Wildman–Crippen MR) is 126 cm³/mol. The minimum Gasteiger partial charge on any atom is -0.494 e. The highest BCUT2D eigenvalue weighted by atomic mass is 35.5. The van der Waals surface area contributed by atoms with Gasteiger partial charge in [-0.2, -0.15) is 0 Å². The van der Waals surface area contributed by atoms with Gasteiger partial charge in [-0.05, 0) is 62.7 Å². The number of rotatable bonds is 9. The first-order valence-electron chi connectivity index (χ1n) is 9.48. The average molecular weight is 480 g/mol. The summed E-state index contributed by atoms with van der Waals surface area (Å²) in [5.41, 5.74) is 7.58. The van der Waals surface area contributed by atoms with Crippen LogP contribution in [0.15, 0.2) is 45.9 Å². The van der Waals surface area contributed by atoms with Gasteiger partial charge in [-0.25, -0.2) is 9.78 Å². The second-order valence-electron chi connectivity index (χ2n) is 6.49. The number of thioether (sulfide) groups is 1. The van der Waals surface area contributed by atoms with Gasteiger partial charge in [0.15, 0.2) is 16.3 Å². The largest absolute Gasteiger partial charge is 0.494 e. The molecule has 0 aliphatic carbocycles. The summed E-state index contributed by atoms with van der Waals surface area (Å²) in [7, 11) is 0. The molecule has 31 heavy (non-hydrogen) atoms. The summed E-state index contributed by atoms with van der Waals surface area (Å²) in [5, 5.41) is 4.31. The normalized spacial score (nSPS) is 12.6. The minimum absolute atomic E-state index is 0.169. The first-order valence-corrected chi connectivity index (χ1v) is 11.7. The first kappa shape index (κ1) is 23.2. The molecule has 1 heterocycles. The van der Waals surface area contributed by atoms with Crippen LogP contribution in [0.3, 0.4) is 0 Å². The number of amidine groups is 1. The Hall–Kier alpha value is -2.49. The van der Waals surface area contributed by atoms with Crippen molar-refractivity contribution < 1.29 is 19.1 Å². The lowest BCUT2D eigenvalue weighted by Crippen LogP contribution is -2.26. The summed E-state index contributed by atoms with van der Waals surface area (Å²) < 4.78 is 13.0. The zero-order chi connectivity index (χ0) is 22.4. The molecule has 0 spiro atoms. The molecule has 2 N–H and O–H groups in total. The molecule has 0 aliphatic rings. The van der Waals surface area contributed by atoms with Crippen molar-refractivity contribution in [1.29, 1.82) is 0 Å². The van der Waals surface area contributed by atoms with Crippen molar-refractivity contribution in [3.8, 4) is 11.5 Å². The standard InChI is InChI=1S/C21H22ClN3O4S2/c1-4-27-15-6-7-16-18(10-15)31-21(24-16)30-11-19(23)25-29-20(26)13(3)28-17-8-5-14(22)9-12(17)2/h5-10,13H,4,11H2,1-3H3,(H2,23,25)/t13-/m1/s1. The lowest BCUT2D eigenvalue weighted by molar-refractivity contribution is -0.151. The van der Waals surface area contributed by atoms with E-state index in [-0.39, 0.29) is 5.84 Å². The van der Waals surface area contributed by atoms with E-state index >= 15 is 0 Å². The van der Waals surface area contributed by atoms with E-state index in [1.807, 2.05) is 32.0 Å². The fourth-order valence-electron chi connectivity index (χ4n) is 2.53. The van der Waals surface area contributed by atoms with E-state index in [0.29, 0.717) is 23.1 Å². The number of hydrogen-bond acceptors (Lipinski definition) is 8. The van der Waals surface area contributed by atoms with Crippen molar-refractivity contribution in [2.24, 2.45) is 10.9 Å². The predicted octanol–water partition coefficient (Wildman–Crippen LogP) is 5.03. The topological polar surface area (TPSA) is 96.0 Å². The molecule has 1 aromatic heterocycles. The van der Waals surface area contributed by atoms with Gasteiger partial charge in [-0.15, -0.1) is 11.3 Å². The summed E-state index contributed by atoms with van der Waals surface area (Å²) in [6.45, 7) is 5.97. The molecule has 0 radical (unpaired) electrons. The Balaban J connectivity index is 1.52. The Morgan fingerprint density at radius 3 is 2.87 bits per heavy atom. The number of carbonyl (C=O) groups is 1. The number of hydrogen-bond donors (Lipinski definition) is 1. The Labute approximate surface area is 193 Å². The third kappa shape index (κ3) is 6.49. The minimum atomic E-state index is -0.854. The number of benzene rings is 2. The van der Waals surface area contributed by atoms with Crippen molar-refractivity contribution in [3.63, 3.8) is 0 Å². The summed E-state index contributed by atoms with van der Waals surface area (Å²) in [6, 6.07) is 10.9. The Morgan fingerprint density at radius 1 is 1.32 bits per heavy atom. The Bertz CT molecular complexity index is 1100. The van der Waals surface area contributed by atoms with Gasteiger partial charge in [0.05, 0.1) is 22.6 Å². The number of ether oxygens (including phenoxy) is 2. The highest BCUT2D eigenvalue weighted by Gasteiger charge is 2.18. The monoisotopic (exact) mass is 479 g/mol. The molecule has 0 aliphatic heterocycles. The van der Waals surface area contributed by atoms with Crippen LogP contribution >= 0.6 is 34.7 Å². The molecular weight excluding hydrogens is 458 g/mol. The third-order valence-corrected chi connectivity index (χ3v) is 6.45. The zero-order valence-electron chi connectivity index (χ0n) is 17.3. The Kier molecular flexibility index (Phi) is 8.00. The van der Waals surface area contributed by atoms with Crippen LogP contribution in [-0.2, 0) is 9.63 Å². The summed E-state index contributed by atoms with van der Waals surface area (Å²) in [5.74, 6) is 1.21. The van der Waals surface area contributed by atoms with Crippen LogP contribution in [0.2, 0.25) is 5.02 Å². The molecular formula is C21H22ClN3O4S2. The second kappa shape index (κ2) is 10.7. The van der Waals surface area contributed by atoms with Crippen molar-refractivity contribution >= 4 is 56.7 Å². The number of thiazole rings is 1.